The molecule has 0 amide bonds. The molecule has 34 heavy (non-hydrogen) atoms. The van der Waals surface area contributed by atoms with Crippen molar-refractivity contribution in [1.29, 1.82) is 0 Å². The van der Waals surface area contributed by atoms with Crippen LogP contribution in [0.5, 0.6) is 5.75 Å². The molecule has 0 bridgehead atoms. The highest BCUT2D eigenvalue weighted by atomic mass is 19.1. The minimum absolute atomic E-state index is 0.0880. The molecule has 0 aliphatic carbocycles. The van der Waals surface area contributed by atoms with Crippen LogP contribution in [0.3, 0.4) is 0 Å². The molecule has 0 radical (unpaired) electrons. The standard InChI is InChI=1S/C27H21F3O4/c1-17(28)26(31)33-15-3-4-19-5-7-20(8-6-19)22-11-14-24(25(30)16-22)21-9-12-23(13-10-21)34-27(32)18(2)29/h5-14,16H,1-4,15H2. The maximum absolute atomic E-state index is 14.8. The lowest BCUT2D eigenvalue weighted by molar-refractivity contribution is -0.140. The summed E-state index contributed by atoms with van der Waals surface area (Å²) in [5.74, 6) is -4.87. The van der Waals surface area contributed by atoms with Crippen molar-refractivity contribution in [3.8, 4) is 28.0 Å². The molecule has 0 aliphatic rings. The molecule has 0 aromatic heterocycles. The molecule has 4 nitrogen and oxygen atoms in total. The first kappa shape index (κ1) is 24.5. The summed E-state index contributed by atoms with van der Waals surface area (Å²) < 4.78 is 49.6. The van der Waals surface area contributed by atoms with Gasteiger partial charge in [-0.25, -0.2) is 14.0 Å². The van der Waals surface area contributed by atoms with Gasteiger partial charge < -0.3 is 9.47 Å². The molecule has 3 aromatic rings. The van der Waals surface area contributed by atoms with E-state index in [0.29, 0.717) is 29.5 Å². The van der Waals surface area contributed by atoms with Crippen molar-refractivity contribution in [3.63, 3.8) is 0 Å². The van der Waals surface area contributed by atoms with Crippen LogP contribution in [0.25, 0.3) is 22.3 Å². The predicted molar refractivity (Wildman–Crippen MR) is 123 cm³/mol. The van der Waals surface area contributed by atoms with E-state index in [4.69, 9.17) is 9.47 Å². The van der Waals surface area contributed by atoms with E-state index in [1.54, 1.807) is 24.3 Å². The lowest BCUT2D eigenvalue weighted by atomic mass is 9.98. The van der Waals surface area contributed by atoms with Crippen LogP contribution in [-0.2, 0) is 20.7 Å². The van der Waals surface area contributed by atoms with E-state index < -0.39 is 29.4 Å². The van der Waals surface area contributed by atoms with Crippen LogP contribution in [-0.4, -0.2) is 18.5 Å². The fourth-order valence-corrected chi connectivity index (χ4v) is 3.18. The van der Waals surface area contributed by atoms with Gasteiger partial charge >= 0.3 is 11.9 Å². The van der Waals surface area contributed by atoms with E-state index in [0.717, 1.165) is 11.1 Å². The minimum atomic E-state index is -1.20. The van der Waals surface area contributed by atoms with E-state index in [9.17, 15) is 22.8 Å². The van der Waals surface area contributed by atoms with Gasteiger partial charge in [0.2, 0.25) is 11.7 Å². The van der Waals surface area contributed by atoms with Crippen LogP contribution in [0.2, 0.25) is 0 Å². The van der Waals surface area contributed by atoms with E-state index >= 15 is 0 Å². The Bertz CT molecular complexity index is 1220. The molecule has 3 aromatic carbocycles. The Morgan fingerprint density at radius 2 is 1.35 bits per heavy atom. The van der Waals surface area contributed by atoms with Crippen molar-refractivity contribution in [2.75, 3.05) is 6.61 Å². The fraction of sp³-hybridized carbons (Fsp3) is 0.111. The third-order valence-corrected chi connectivity index (χ3v) is 4.92. The van der Waals surface area contributed by atoms with Gasteiger partial charge in [0.1, 0.15) is 11.6 Å². The van der Waals surface area contributed by atoms with Crippen LogP contribution in [0, 0.1) is 5.82 Å². The molecule has 0 heterocycles. The summed E-state index contributed by atoms with van der Waals surface area (Å²) in [5, 5.41) is 0. The van der Waals surface area contributed by atoms with Crippen molar-refractivity contribution in [3.05, 3.63) is 103 Å². The van der Waals surface area contributed by atoms with E-state index in [1.165, 1.54) is 18.2 Å². The SMILES string of the molecule is C=C(F)C(=O)OCCCc1ccc(-c2ccc(-c3ccc(OC(=O)C(=C)F)cc3)c(F)c2)cc1. The molecule has 0 N–H and O–H groups in total. The maximum atomic E-state index is 14.8. The molecule has 0 spiro atoms. The van der Waals surface area contributed by atoms with Crippen molar-refractivity contribution < 1.29 is 32.2 Å². The van der Waals surface area contributed by atoms with Crippen molar-refractivity contribution >= 4 is 11.9 Å². The summed E-state index contributed by atoms with van der Waals surface area (Å²) in [6.07, 6.45) is 1.16. The molecule has 0 fully saturated rings. The highest BCUT2D eigenvalue weighted by Crippen LogP contribution is 2.29. The van der Waals surface area contributed by atoms with Gasteiger partial charge in [0.25, 0.3) is 0 Å². The summed E-state index contributed by atoms with van der Waals surface area (Å²) in [5.41, 5.74) is 3.43. The normalized spacial score (nSPS) is 10.4. The molecule has 174 valence electrons. The second-order valence-electron chi connectivity index (χ2n) is 7.35. The Labute approximate surface area is 194 Å². The monoisotopic (exact) mass is 466 g/mol. The Morgan fingerprint density at radius 3 is 1.94 bits per heavy atom. The number of carbonyl (C=O) groups is 2. The van der Waals surface area contributed by atoms with Crippen LogP contribution < -0.4 is 4.74 Å². The lowest BCUT2D eigenvalue weighted by Crippen LogP contribution is -2.07. The summed E-state index contributed by atoms with van der Waals surface area (Å²) in [4.78, 5) is 22.2. The van der Waals surface area contributed by atoms with E-state index in [-0.39, 0.29) is 12.4 Å². The smallest absolute Gasteiger partial charge is 0.371 e. The number of aryl methyl sites for hydroxylation is 1. The van der Waals surface area contributed by atoms with E-state index in [2.05, 4.69) is 13.2 Å². The third-order valence-electron chi connectivity index (χ3n) is 4.92. The number of halogens is 3. The number of rotatable bonds is 9. The van der Waals surface area contributed by atoms with Gasteiger partial charge in [-0.15, -0.1) is 0 Å². The largest absolute Gasteiger partial charge is 0.460 e. The molecule has 0 saturated heterocycles. The van der Waals surface area contributed by atoms with Gasteiger partial charge in [-0.05, 0) is 53.3 Å². The molecule has 0 atom stereocenters. The number of hydrogen-bond acceptors (Lipinski definition) is 4. The first-order valence-electron chi connectivity index (χ1n) is 10.3. The van der Waals surface area contributed by atoms with Gasteiger partial charge in [0.15, 0.2) is 0 Å². The average Bonchev–Trinajstić information content (AvgIpc) is 2.82. The summed E-state index contributed by atoms with van der Waals surface area (Å²) in [6.45, 7) is 5.84. The van der Waals surface area contributed by atoms with Crippen LogP contribution in [0.4, 0.5) is 13.2 Å². The number of carbonyl (C=O) groups excluding carboxylic acids is 2. The van der Waals surface area contributed by atoms with Gasteiger partial charge in [-0.1, -0.05) is 61.7 Å². The summed E-state index contributed by atoms with van der Waals surface area (Å²) >= 11 is 0. The van der Waals surface area contributed by atoms with Crippen LogP contribution >= 0.6 is 0 Å². The molecular formula is C27H21F3O4. The van der Waals surface area contributed by atoms with Crippen LogP contribution in [0.1, 0.15) is 12.0 Å². The molecule has 0 aliphatic heterocycles. The molecule has 0 unspecified atom stereocenters. The Hall–Kier alpha value is -4.13. The second-order valence-corrected chi connectivity index (χ2v) is 7.35. The molecule has 7 heteroatoms. The number of ether oxygens (including phenoxy) is 2. The molecular weight excluding hydrogens is 445 g/mol. The van der Waals surface area contributed by atoms with Crippen LogP contribution in [0.15, 0.2) is 91.5 Å². The van der Waals surface area contributed by atoms with Gasteiger partial charge in [0, 0.05) is 5.56 Å². The third kappa shape index (κ3) is 6.45. The number of hydrogen-bond donors (Lipinski definition) is 0. The topological polar surface area (TPSA) is 52.6 Å². The molecule has 3 rings (SSSR count). The number of esters is 2. The lowest BCUT2D eigenvalue weighted by Gasteiger charge is -2.09. The second kappa shape index (κ2) is 11.1. The van der Waals surface area contributed by atoms with Crippen molar-refractivity contribution in [2.45, 2.75) is 12.8 Å². The van der Waals surface area contributed by atoms with Crippen molar-refractivity contribution in [1.82, 2.24) is 0 Å². The van der Waals surface area contributed by atoms with Gasteiger partial charge in [0.05, 0.1) is 6.61 Å². The fourth-order valence-electron chi connectivity index (χ4n) is 3.18. The number of benzene rings is 3. The van der Waals surface area contributed by atoms with E-state index in [1.807, 2.05) is 24.3 Å². The zero-order chi connectivity index (χ0) is 24.7. The van der Waals surface area contributed by atoms with Gasteiger partial charge in [-0.3, -0.25) is 0 Å². The zero-order valence-electron chi connectivity index (χ0n) is 18.2. The zero-order valence-corrected chi connectivity index (χ0v) is 18.2. The quantitative estimate of drug-likeness (QED) is 0.156. The van der Waals surface area contributed by atoms with Crippen molar-refractivity contribution in [2.24, 2.45) is 0 Å². The Kier molecular flexibility index (Phi) is 8.03. The average molecular weight is 466 g/mol. The highest BCUT2D eigenvalue weighted by molar-refractivity contribution is 5.87. The maximum Gasteiger partial charge on any atom is 0.371 e. The molecule has 0 saturated carbocycles. The van der Waals surface area contributed by atoms with Gasteiger partial charge in [-0.2, -0.15) is 8.78 Å². The first-order valence-corrected chi connectivity index (χ1v) is 10.3. The minimum Gasteiger partial charge on any atom is -0.460 e. The Morgan fingerprint density at radius 1 is 0.765 bits per heavy atom. The summed E-state index contributed by atoms with van der Waals surface area (Å²) in [7, 11) is 0. The summed E-state index contributed by atoms with van der Waals surface area (Å²) in [6, 6.07) is 18.4. The Balaban J connectivity index is 1.63. The first-order chi connectivity index (χ1) is 16.2. The highest BCUT2D eigenvalue weighted by Gasteiger charge is 2.11. The predicted octanol–water partition coefficient (Wildman–Crippen LogP) is 6.51.